The average molecular weight is 1250 g/mol. The number of nitriles is 1. The molecule has 89 heavy (non-hydrogen) atoms. The van der Waals surface area contributed by atoms with E-state index >= 15 is 9.18 Å². The van der Waals surface area contributed by atoms with Gasteiger partial charge in [-0.1, -0.05) is 87.0 Å². The molecular weight excluding hydrogens is 1170 g/mol. The van der Waals surface area contributed by atoms with Gasteiger partial charge in [0.15, 0.2) is 0 Å². The number of rotatable bonds is 18. The SMILES string of the molecule is C=C1/C=C(F)\C=C/CC(=O)N(C2CC2)Cc2nn(CCNC(=O)CCOCCOCCN3CCN(C(=O)N4C(c5ccc(C(C)(C)C)cc5OCC)=N[C@@](C)(c5ccc(Cl)cc5)[C@@]4(C)c4ccc(Cl)cc4)CC3)c(C#N)c2-c2cnc(N)c(c2)N2CCC[C@H]12. The summed E-state index contributed by atoms with van der Waals surface area (Å²) in [5, 5.41) is 19.7. The minimum atomic E-state index is -1.05. The largest absolute Gasteiger partial charge is 0.493 e. The van der Waals surface area contributed by atoms with E-state index in [1.807, 2.05) is 77.4 Å². The summed E-state index contributed by atoms with van der Waals surface area (Å²) in [6.45, 7) is 22.5. The third-order valence-electron chi connectivity index (χ3n) is 17.8. The number of nitrogens with one attached hydrogen (secondary N) is 1. The Balaban J connectivity index is 0.726. The zero-order valence-electron chi connectivity index (χ0n) is 51.9. The first-order valence-electron chi connectivity index (χ1n) is 30.9. The molecule has 5 aliphatic rings. The average Bonchev–Trinajstić information content (AvgIpc) is 1.56. The van der Waals surface area contributed by atoms with Crippen molar-refractivity contribution in [1.29, 1.82) is 5.26 Å². The first kappa shape index (κ1) is 64.4. The van der Waals surface area contributed by atoms with Crippen LogP contribution in [-0.4, -0.2) is 149 Å². The Hall–Kier alpha value is -7.60. The van der Waals surface area contributed by atoms with Gasteiger partial charge in [-0.3, -0.25) is 29.1 Å². The van der Waals surface area contributed by atoms with Gasteiger partial charge < -0.3 is 40.0 Å². The minimum Gasteiger partial charge on any atom is -0.493 e. The molecule has 4 amide bonds. The number of amidine groups is 1. The molecule has 2 aromatic heterocycles. The second-order valence-corrected chi connectivity index (χ2v) is 25.6. The molecule has 0 radical (unpaired) electrons. The number of ether oxygens (including phenoxy) is 3. The number of benzene rings is 3. The van der Waals surface area contributed by atoms with Gasteiger partial charge in [0.25, 0.3) is 0 Å². The summed E-state index contributed by atoms with van der Waals surface area (Å²) in [6.07, 6.45) is 9.19. The number of carbonyl (C=O) groups is 3. The Labute approximate surface area is 531 Å². The van der Waals surface area contributed by atoms with Crippen LogP contribution in [-0.2, 0) is 48.6 Å². The van der Waals surface area contributed by atoms with Crippen LogP contribution < -0.4 is 20.7 Å². The van der Waals surface area contributed by atoms with E-state index in [0.717, 1.165) is 47.9 Å². The number of aromatic nitrogens is 3. The Kier molecular flexibility index (Phi) is 20.0. The summed E-state index contributed by atoms with van der Waals surface area (Å²) >= 11 is 13.0. The van der Waals surface area contributed by atoms with Crippen molar-refractivity contribution in [3.05, 3.63) is 159 Å². The standard InChI is InChI=1S/C68H81Cl2FN12O6/c1-8-89-59-41-49(66(3,4)5)18-25-54(59)64-76-67(6,47-14-19-50(69)20-15-47)68(7,48-16-21-51(70)22-17-48)83(64)65(86)79-32-30-78(31-33-79)34-36-88-38-37-87-35-26-60(84)74-27-29-82-58(42-72)62-46-40-57(63(73)75-43-46)80-28-10-12-56(80)45(2)39-52(71)11-9-13-61(85)81(53-23-24-53)44-55(62)77-82/h9,11,14-22,25,39-41,43,53,56H,2,8,10,12-13,23-24,26-38,44H2,1,3-7H3,(H2,73,75)(H,74,84)/b11-9-,52-39+/t56-,67+,68-/m1/s1. The van der Waals surface area contributed by atoms with E-state index in [-0.39, 0.29) is 85.9 Å². The number of aliphatic imine (C=N–C) groups is 1. The van der Waals surface area contributed by atoms with Gasteiger partial charge in [-0.2, -0.15) is 10.4 Å². The van der Waals surface area contributed by atoms with Gasteiger partial charge in [0.1, 0.15) is 46.1 Å². The van der Waals surface area contributed by atoms with Gasteiger partial charge in [0, 0.05) is 92.1 Å². The molecular formula is C68H81Cl2FN12O6. The van der Waals surface area contributed by atoms with E-state index in [0.29, 0.717) is 115 Å². The summed E-state index contributed by atoms with van der Waals surface area (Å²) in [5.41, 5.74) is 11.0. The molecule has 21 heteroatoms. The number of nitrogen functional groups attached to an aromatic ring is 1. The molecule has 10 rings (SSSR count). The monoisotopic (exact) mass is 1250 g/mol. The van der Waals surface area contributed by atoms with Crippen LogP contribution in [0.25, 0.3) is 11.1 Å². The fourth-order valence-corrected chi connectivity index (χ4v) is 12.8. The van der Waals surface area contributed by atoms with Crippen LogP contribution >= 0.6 is 23.2 Å². The molecule has 18 nitrogen and oxygen atoms in total. The second kappa shape index (κ2) is 27.6. The molecule has 6 heterocycles. The maximum Gasteiger partial charge on any atom is 0.326 e. The summed E-state index contributed by atoms with van der Waals surface area (Å²) in [4.78, 5) is 62.4. The van der Waals surface area contributed by atoms with Gasteiger partial charge in [-0.15, -0.1) is 0 Å². The number of halogens is 3. The van der Waals surface area contributed by atoms with Crippen LogP contribution in [0.1, 0.15) is 114 Å². The lowest BCUT2D eigenvalue weighted by Crippen LogP contribution is -2.60. The summed E-state index contributed by atoms with van der Waals surface area (Å²) in [6, 6.07) is 25.4. The van der Waals surface area contributed by atoms with Crippen molar-refractivity contribution in [1.82, 2.24) is 39.7 Å². The highest BCUT2D eigenvalue weighted by atomic mass is 35.5. The number of nitrogens with two attached hydrogens (primary N) is 1. The fraction of sp³-hybridized carbons (Fsp3) is 0.456. The molecule has 5 aromatic rings. The molecule has 3 N–H and O–H groups in total. The number of pyridine rings is 1. The summed E-state index contributed by atoms with van der Waals surface area (Å²) < 4.78 is 34.9. The van der Waals surface area contributed by atoms with Crippen molar-refractivity contribution in [3.8, 4) is 22.9 Å². The maximum absolute atomic E-state index is 15.6. The quantitative estimate of drug-likeness (QED) is 0.0788. The normalized spacial score (nSPS) is 21.9. The molecule has 3 atom stereocenters. The molecule has 470 valence electrons. The van der Waals surface area contributed by atoms with E-state index in [2.05, 4.69) is 79.5 Å². The number of hydrogen-bond donors (Lipinski definition) is 2. The number of piperazine rings is 1. The smallest absolute Gasteiger partial charge is 0.326 e. The third-order valence-corrected chi connectivity index (χ3v) is 18.3. The molecule has 4 aliphatic heterocycles. The summed E-state index contributed by atoms with van der Waals surface area (Å²) in [7, 11) is 0. The molecule has 3 aromatic carbocycles. The Morgan fingerprint density at radius 1 is 0.899 bits per heavy atom. The topological polar surface area (TPSA) is 200 Å². The number of allylic oxidation sites excluding steroid dienone is 2. The third kappa shape index (κ3) is 14.1. The van der Waals surface area contributed by atoms with E-state index in [9.17, 15) is 14.9 Å². The molecule has 0 spiro atoms. The predicted octanol–water partition coefficient (Wildman–Crippen LogP) is 11.1. The zero-order valence-corrected chi connectivity index (χ0v) is 53.4. The highest BCUT2D eigenvalue weighted by molar-refractivity contribution is 6.30. The van der Waals surface area contributed by atoms with Crippen LogP contribution in [0.15, 0.2) is 120 Å². The number of carbonyl (C=O) groups excluding carboxylic acids is 3. The predicted molar refractivity (Wildman–Crippen MR) is 346 cm³/mol. The van der Waals surface area contributed by atoms with Crippen LogP contribution in [0.3, 0.4) is 0 Å². The lowest BCUT2D eigenvalue weighted by molar-refractivity contribution is -0.131. The second-order valence-electron chi connectivity index (χ2n) is 24.7. The van der Waals surface area contributed by atoms with E-state index in [4.69, 9.17) is 53.2 Å². The van der Waals surface area contributed by atoms with E-state index in [1.54, 1.807) is 15.8 Å². The van der Waals surface area contributed by atoms with Gasteiger partial charge in [0.05, 0.1) is 69.1 Å². The first-order chi connectivity index (χ1) is 42.7. The number of nitrogens with zero attached hydrogens (tertiary/aromatic N) is 10. The first-order valence-corrected chi connectivity index (χ1v) is 31.7. The lowest BCUT2D eigenvalue weighted by atomic mass is 9.71. The van der Waals surface area contributed by atoms with Crippen molar-refractivity contribution >= 4 is 58.4 Å². The van der Waals surface area contributed by atoms with Crippen molar-refractivity contribution in [2.75, 3.05) is 89.5 Å². The Morgan fingerprint density at radius 2 is 1.60 bits per heavy atom. The molecule has 0 unspecified atom stereocenters. The number of urea groups is 1. The van der Waals surface area contributed by atoms with Crippen molar-refractivity contribution in [2.24, 2.45) is 4.99 Å². The van der Waals surface area contributed by atoms with E-state index in [1.165, 1.54) is 18.2 Å². The highest BCUT2D eigenvalue weighted by Gasteiger charge is 2.60. The molecule has 2 bridgehead atoms. The highest BCUT2D eigenvalue weighted by Crippen LogP contribution is 2.54. The molecule has 3 fully saturated rings. The van der Waals surface area contributed by atoms with Gasteiger partial charge in [0.2, 0.25) is 11.8 Å². The van der Waals surface area contributed by atoms with Crippen molar-refractivity contribution in [3.63, 3.8) is 0 Å². The van der Waals surface area contributed by atoms with Gasteiger partial charge in [-0.05, 0) is 129 Å². The van der Waals surface area contributed by atoms with Crippen molar-refractivity contribution < 1.29 is 33.0 Å². The van der Waals surface area contributed by atoms with Crippen LogP contribution in [0.4, 0.5) is 20.7 Å². The minimum absolute atomic E-state index is 0.00297. The summed E-state index contributed by atoms with van der Waals surface area (Å²) in [5.74, 6) is 0.559. The van der Waals surface area contributed by atoms with Gasteiger partial charge in [-0.25, -0.2) is 14.2 Å². The number of anilines is 2. The Morgan fingerprint density at radius 3 is 2.27 bits per heavy atom. The number of amides is 4. The maximum atomic E-state index is 15.6. The Bertz CT molecular complexity index is 3570. The van der Waals surface area contributed by atoms with Crippen LogP contribution in [0.2, 0.25) is 10.0 Å². The van der Waals surface area contributed by atoms with E-state index < -0.39 is 16.9 Å². The van der Waals surface area contributed by atoms with Crippen LogP contribution in [0, 0.1) is 11.3 Å². The van der Waals surface area contributed by atoms with Gasteiger partial charge >= 0.3 is 6.03 Å². The molecule has 1 aliphatic carbocycles. The molecule has 1 saturated carbocycles. The van der Waals surface area contributed by atoms with Crippen molar-refractivity contribution in [2.45, 2.75) is 122 Å². The lowest BCUT2D eigenvalue weighted by Gasteiger charge is -2.47. The fourth-order valence-electron chi connectivity index (χ4n) is 12.5. The van der Waals surface area contributed by atoms with Crippen LogP contribution in [0.5, 0.6) is 5.75 Å². The number of fused-ring (bicyclic) bond motifs is 6. The molecule has 2 saturated heterocycles. The zero-order chi connectivity index (χ0) is 63.2. The number of hydrogen-bond acceptors (Lipinski definition) is 13.